The standard InChI is InChI=1S/C7H3Cl3NO2/c8-7(9,10)5-2-1-3-6(4-5)11(12)13/h1,3-4H. The maximum Gasteiger partial charge on any atom is 0.269 e. The molecule has 3 nitrogen and oxygen atoms in total. The van der Waals surface area contributed by atoms with E-state index in [9.17, 15) is 10.1 Å². The second-order valence-corrected chi connectivity index (χ2v) is 4.50. The van der Waals surface area contributed by atoms with E-state index in [0.717, 1.165) is 0 Å². The Morgan fingerprint density at radius 1 is 1.46 bits per heavy atom. The van der Waals surface area contributed by atoms with E-state index in [4.69, 9.17) is 34.8 Å². The molecule has 13 heavy (non-hydrogen) atoms. The van der Waals surface area contributed by atoms with Gasteiger partial charge in [0.1, 0.15) is 0 Å². The number of non-ortho nitro benzene ring substituents is 1. The van der Waals surface area contributed by atoms with Crippen LogP contribution in [0, 0.1) is 16.2 Å². The number of hydrogen-bond acceptors (Lipinski definition) is 2. The number of benzene rings is 1. The van der Waals surface area contributed by atoms with Crippen LogP contribution in [-0.2, 0) is 3.79 Å². The molecule has 0 aliphatic heterocycles. The topological polar surface area (TPSA) is 43.1 Å². The zero-order chi connectivity index (χ0) is 10.1. The molecule has 6 heteroatoms. The fourth-order valence-electron chi connectivity index (χ4n) is 0.732. The number of rotatable bonds is 1. The maximum absolute atomic E-state index is 10.3. The summed E-state index contributed by atoms with van der Waals surface area (Å²) in [6.45, 7) is 0. The van der Waals surface area contributed by atoms with Gasteiger partial charge < -0.3 is 0 Å². The van der Waals surface area contributed by atoms with Crippen molar-refractivity contribution in [2.45, 2.75) is 3.79 Å². The molecular formula is C7H3Cl3NO2. The first-order valence-electron chi connectivity index (χ1n) is 3.14. The molecule has 0 heterocycles. The Balaban J connectivity index is 3.13. The summed E-state index contributed by atoms with van der Waals surface area (Å²) >= 11 is 16.5. The van der Waals surface area contributed by atoms with Crippen molar-refractivity contribution >= 4 is 40.5 Å². The van der Waals surface area contributed by atoms with Gasteiger partial charge in [-0.3, -0.25) is 10.1 Å². The first-order chi connectivity index (χ1) is 5.91. The third-order valence-electron chi connectivity index (χ3n) is 1.30. The summed E-state index contributed by atoms with van der Waals surface area (Å²) in [5.74, 6) is 0. The summed E-state index contributed by atoms with van der Waals surface area (Å²) in [6.07, 6.45) is 0. The van der Waals surface area contributed by atoms with Crippen molar-refractivity contribution in [2.75, 3.05) is 0 Å². The monoisotopic (exact) mass is 238 g/mol. The summed E-state index contributed by atoms with van der Waals surface area (Å²) in [5.41, 5.74) is 0.0341. The van der Waals surface area contributed by atoms with Crippen LogP contribution < -0.4 is 0 Å². The number of halogens is 3. The highest BCUT2D eigenvalue weighted by Crippen LogP contribution is 2.38. The Labute approximate surface area is 89.4 Å². The van der Waals surface area contributed by atoms with Crippen LogP contribution in [0.3, 0.4) is 0 Å². The summed E-state index contributed by atoms with van der Waals surface area (Å²) < 4.78 is -1.67. The van der Waals surface area contributed by atoms with Crippen LogP contribution in [0.1, 0.15) is 5.56 Å². The van der Waals surface area contributed by atoms with Gasteiger partial charge in [0.05, 0.1) is 4.92 Å². The highest BCUT2D eigenvalue weighted by Gasteiger charge is 2.24. The third kappa shape index (κ3) is 2.72. The lowest BCUT2D eigenvalue weighted by Gasteiger charge is -2.09. The van der Waals surface area contributed by atoms with Crippen LogP contribution >= 0.6 is 34.8 Å². The molecule has 0 saturated heterocycles. The van der Waals surface area contributed by atoms with Gasteiger partial charge in [0, 0.05) is 17.7 Å². The molecule has 0 unspecified atom stereocenters. The number of nitro benzene ring substituents is 1. The van der Waals surface area contributed by atoms with Gasteiger partial charge in [-0.15, -0.1) is 0 Å². The fourth-order valence-corrected chi connectivity index (χ4v) is 1.06. The number of nitro groups is 1. The Bertz CT molecular complexity index is 335. The molecule has 1 radical (unpaired) electrons. The van der Waals surface area contributed by atoms with Crippen LogP contribution in [0.25, 0.3) is 0 Å². The largest absolute Gasteiger partial charge is 0.269 e. The smallest absolute Gasteiger partial charge is 0.258 e. The van der Waals surface area contributed by atoms with Crippen molar-refractivity contribution in [2.24, 2.45) is 0 Å². The van der Waals surface area contributed by atoms with Gasteiger partial charge in [-0.1, -0.05) is 34.8 Å². The highest BCUT2D eigenvalue weighted by molar-refractivity contribution is 6.66. The Morgan fingerprint density at radius 2 is 2.08 bits per heavy atom. The lowest BCUT2D eigenvalue weighted by atomic mass is 10.2. The molecule has 0 aliphatic rings. The second kappa shape index (κ2) is 3.70. The van der Waals surface area contributed by atoms with Crippen LogP contribution in [0.5, 0.6) is 0 Å². The van der Waals surface area contributed by atoms with E-state index in [-0.39, 0.29) is 11.3 Å². The maximum atomic E-state index is 10.3. The Hall–Kier alpha value is -0.510. The average Bonchev–Trinajstić information content (AvgIpc) is 2.03. The molecule has 0 bridgehead atoms. The Kier molecular flexibility index (Phi) is 3.01. The first-order valence-corrected chi connectivity index (χ1v) is 4.28. The molecule has 1 aromatic rings. The van der Waals surface area contributed by atoms with Crippen molar-refractivity contribution in [3.8, 4) is 0 Å². The first kappa shape index (κ1) is 10.6. The quantitative estimate of drug-likeness (QED) is 0.429. The van der Waals surface area contributed by atoms with Crippen molar-refractivity contribution < 1.29 is 4.92 Å². The summed E-state index contributed by atoms with van der Waals surface area (Å²) in [4.78, 5) is 9.78. The van der Waals surface area contributed by atoms with E-state index in [0.29, 0.717) is 0 Å². The zero-order valence-electron chi connectivity index (χ0n) is 6.13. The molecule has 0 spiro atoms. The van der Waals surface area contributed by atoms with Gasteiger partial charge in [0.2, 0.25) is 3.79 Å². The van der Waals surface area contributed by atoms with E-state index in [1.165, 1.54) is 18.2 Å². The van der Waals surface area contributed by atoms with E-state index in [1.807, 2.05) is 0 Å². The van der Waals surface area contributed by atoms with Crippen LogP contribution in [0.4, 0.5) is 5.69 Å². The van der Waals surface area contributed by atoms with Crippen LogP contribution in [0.2, 0.25) is 0 Å². The molecule has 0 fully saturated rings. The molecule has 0 saturated carbocycles. The van der Waals surface area contributed by atoms with E-state index in [2.05, 4.69) is 6.07 Å². The van der Waals surface area contributed by atoms with Crippen molar-refractivity contribution in [1.29, 1.82) is 0 Å². The average molecular weight is 239 g/mol. The molecule has 0 N–H and O–H groups in total. The van der Waals surface area contributed by atoms with Gasteiger partial charge in [0.15, 0.2) is 0 Å². The molecular weight excluding hydrogens is 236 g/mol. The molecule has 1 aromatic carbocycles. The molecule has 0 atom stereocenters. The second-order valence-electron chi connectivity index (χ2n) is 2.22. The number of alkyl halides is 3. The van der Waals surface area contributed by atoms with Gasteiger partial charge in [-0.05, 0) is 12.1 Å². The number of nitrogens with zero attached hydrogens (tertiary/aromatic N) is 1. The van der Waals surface area contributed by atoms with E-state index in [1.54, 1.807) is 0 Å². The fraction of sp³-hybridized carbons (Fsp3) is 0.143. The van der Waals surface area contributed by atoms with Crippen molar-refractivity contribution in [1.82, 2.24) is 0 Å². The van der Waals surface area contributed by atoms with Gasteiger partial charge in [0.25, 0.3) is 5.69 Å². The summed E-state index contributed by atoms with van der Waals surface area (Å²) in [6, 6.07) is 6.40. The molecule has 0 aromatic heterocycles. The van der Waals surface area contributed by atoms with Gasteiger partial charge in [-0.2, -0.15) is 0 Å². The zero-order valence-corrected chi connectivity index (χ0v) is 8.40. The molecule has 69 valence electrons. The lowest BCUT2D eigenvalue weighted by molar-refractivity contribution is -0.384. The summed E-state index contributed by atoms with van der Waals surface area (Å²) in [5, 5.41) is 10.3. The predicted molar refractivity (Wildman–Crippen MR) is 51.2 cm³/mol. The predicted octanol–water partition coefficient (Wildman–Crippen LogP) is 3.22. The minimum absolute atomic E-state index is 0.125. The lowest BCUT2D eigenvalue weighted by Crippen LogP contribution is -2.00. The minimum Gasteiger partial charge on any atom is -0.258 e. The molecule has 0 aliphatic carbocycles. The van der Waals surface area contributed by atoms with Crippen LogP contribution in [0.15, 0.2) is 18.2 Å². The Morgan fingerprint density at radius 3 is 2.54 bits per heavy atom. The number of hydrogen-bond donors (Lipinski definition) is 0. The summed E-state index contributed by atoms with van der Waals surface area (Å²) in [7, 11) is 0. The minimum atomic E-state index is -1.67. The third-order valence-corrected chi connectivity index (χ3v) is 1.91. The normalized spacial score (nSPS) is 11.3. The van der Waals surface area contributed by atoms with Crippen molar-refractivity contribution in [3.05, 3.63) is 39.9 Å². The van der Waals surface area contributed by atoms with Gasteiger partial charge in [-0.25, -0.2) is 0 Å². The van der Waals surface area contributed by atoms with Gasteiger partial charge >= 0.3 is 0 Å². The van der Waals surface area contributed by atoms with Crippen molar-refractivity contribution in [3.63, 3.8) is 0 Å². The van der Waals surface area contributed by atoms with E-state index < -0.39 is 8.72 Å². The highest BCUT2D eigenvalue weighted by atomic mass is 35.6. The van der Waals surface area contributed by atoms with E-state index >= 15 is 0 Å². The molecule has 0 amide bonds. The van der Waals surface area contributed by atoms with Crippen LogP contribution in [-0.4, -0.2) is 4.92 Å². The molecule has 1 rings (SSSR count). The SMILES string of the molecule is O=[N+]([O-])c1cc[c]c(C(Cl)(Cl)Cl)c1.